The third-order valence-corrected chi connectivity index (χ3v) is 3.87. The number of carbonyl (C=O) groups excluding carboxylic acids is 2. The van der Waals surface area contributed by atoms with Gasteiger partial charge in [0.05, 0.1) is 0 Å². The highest BCUT2D eigenvalue weighted by Gasteiger charge is 2.17. The highest BCUT2D eigenvalue weighted by Crippen LogP contribution is 2.17. The summed E-state index contributed by atoms with van der Waals surface area (Å²) < 4.78 is 0. The second kappa shape index (κ2) is 8.45. The molecule has 4 heteroatoms. The van der Waals surface area contributed by atoms with E-state index in [1.807, 2.05) is 30.3 Å². The second-order valence-corrected chi connectivity index (χ2v) is 5.66. The van der Waals surface area contributed by atoms with E-state index in [1.165, 1.54) is 24.8 Å². The summed E-state index contributed by atoms with van der Waals surface area (Å²) in [6.07, 6.45) is 6.42. The molecule has 2 amide bonds. The Hall–Kier alpha value is -1.84. The predicted molar refractivity (Wildman–Crippen MR) is 82.8 cm³/mol. The summed E-state index contributed by atoms with van der Waals surface area (Å²) in [7, 11) is 0. The molecule has 0 atom stereocenters. The monoisotopic (exact) mass is 288 g/mol. The van der Waals surface area contributed by atoms with Gasteiger partial charge in [-0.15, -0.1) is 0 Å². The molecule has 21 heavy (non-hydrogen) atoms. The van der Waals surface area contributed by atoms with Crippen LogP contribution < -0.4 is 10.6 Å². The molecule has 114 valence electrons. The normalized spacial score (nSPS) is 15.4. The van der Waals surface area contributed by atoms with Crippen LogP contribution in [0.15, 0.2) is 30.3 Å². The molecule has 1 fully saturated rings. The van der Waals surface area contributed by atoms with Crippen molar-refractivity contribution in [1.29, 1.82) is 0 Å². The summed E-state index contributed by atoms with van der Waals surface area (Å²) in [6, 6.07) is 10.3. The van der Waals surface area contributed by atoms with Crippen LogP contribution in [0.5, 0.6) is 0 Å². The quantitative estimate of drug-likeness (QED) is 0.788. The molecule has 2 rings (SSSR count). The molecule has 1 aliphatic rings. The minimum Gasteiger partial charge on any atom is -0.355 e. The molecule has 1 saturated carbocycles. The molecule has 0 aromatic heterocycles. The van der Waals surface area contributed by atoms with Crippen LogP contribution in [0.4, 0.5) is 0 Å². The van der Waals surface area contributed by atoms with Gasteiger partial charge in [-0.2, -0.15) is 0 Å². The van der Waals surface area contributed by atoms with Crippen molar-refractivity contribution in [2.24, 2.45) is 0 Å². The van der Waals surface area contributed by atoms with Crippen molar-refractivity contribution in [3.8, 4) is 0 Å². The summed E-state index contributed by atoms with van der Waals surface area (Å²) in [4.78, 5) is 23.5. The van der Waals surface area contributed by atoms with E-state index in [1.54, 1.807) is 0 Å². The van der Waals surface area contributed by atoms with Crippen LogP contribution in [0.1, 0.15) is 44.1 Å². The highest BCUT2D eigenvalue weighted by molar-refractivity contribution is 5.96. The maximum atomic E-state index is 11.8. The van der Waals surface area contributed by atoms with Gasteiger partial charge in [0.2, 0.25) is 11.8 Å². The Morgan fingerprint density at radius 3 is 2.43 bits per heavy atom. The summed E-state index contributed by atoms with van der Waals surface area (Å²) in [5, 5.41) is 5.76. The first kappa shape index (κ1) is 15.5. The third-order valence-electron chi connectivity index (χ3n) is 3.87. The molecule has 0 aliphatic heterocycles. The largest absolute Gasteiger partial charge is 0.355 e. The van der Waals surface area contributed by atoms with Gasteiger partial charge in [-0.05, 0) is 24.8 Å². The van der Waals surface area contributed by atoms with Crippen LogP contribution in [0.25, 0.3) is 0 Å². The molecule has 1 aromatic carbocycles. The SMILES string of the molecule is O=C(CC(=O)NC1CCCCC1)NCCc1ccccc1. The first-order valence-corrected chi connectivity index (χ1v) is 7.84. The molecule has 0 heterocycles. The van der Waals surface area contributed by atoms with Crippen LogP contribution in [0, 0.1) is 0 Å². The van der Waals surface area contributed by atoms with E-state index < -0.39 is 0 Å². The molecule has 4 nitrogen and oxygen atoms in total. The average molecular weight is 288 g/mol. The number of carbonyl (C=O) groups is 2. The Labute approximate surface area is 126 Å². The van der Waals surface area contributed by atoms with E-state index in [-0.39, 0.29) is 24.3 Å². The highest BCUT2D eigenvalue weighted by atomic mass is 16.2. The zero-order valence-corrected chi connectivity index (χ0v) is 12.4. The van der Waals surface area contributed by atoms with Crippen LogP contribution >= 0.6 is 0 Å². The lowest BCUT2D eigenvalue weighted by molar-refractivity contribution is -0.129. The Morgan fingerprint density at radius 2 is 1.71 bits per heavy atom. The van der Waals surface area contributed by atoms with Crippen molar-refractivity contribution in [2.75, 3.05) is 6.54 Å². The van der Waals surface area contributed by atoms with Gasteiger partial charge in [0.1, 0.15) is 6.42 Å². The van der Waals surface area contributed by atoms with Crippen molar-refractivity contribution in [2.45, 2.75) is 51.0 Å². The molecule has 0 unspecified atom stereocenters. The summed E-state index contributed by atoms with van der Waals surface area (Å²) in [6.45, 7) is 0.569. The van der Waals surface area contributed by atoms with Gasteiger partial charge in [0.15, 0.2) is 0 Å². The number of hydrogen-bond donors (Lipinski definition) is 2. The van der Waals surface area contributed by atoms with Gasteiger partial charge in [-0.25, -0.2) is 0 Å². The predicted octanol–water partition coefficient (Wildman–Crippen LogP) is 2.18. The molecule has 0 spiro atoms. The number of amides is 2. The average Bonchev–Trinajstić information content (AvgIpc) is 2.49. The molecule has 1 aliphatic carbocycles. The lowest BCUT2D eigenvalue weighted by Gasteiger charge is -2.22. The van der Waals surface area contributed by atoms with E-state index in [0.717, 1.165) is 19.3 Å². The van der Waals surface area contributed by atoms with Gasteiger partial charge >= 0.3 is 0 Å². The molecular weight excluding hydrogens is 264 g/mol. The van der Waals surface area contributed by atoms with E-state index in [2.05, 4.69) is 10.6 Å². The second-order valence-electron chi connectivity index (χ2n) is 5.66. The van der Waals surface area contributed by atoms with Gasteiger partial charge in [0, 0.05) is 12.6 Å². The Bertz CT molecular complexity index is 453. The number of hydrogen-bond acceptors (Lipinski definition) is 2. The maximum absolute atomic E-state index is 11.8. The van der Waals surface area contributed by atoms with Crippen molar-refractivity contribution in [1.82, 2.24) is 10.6 Å². The van der Waals surface area contributed by atoms with Gasteiger partial charge in [-0.3, -0.25) is 9.59 Å². The van der Waals surface area contributed by atoms with E-state index in [9.17, 15) is 9.59 Å². The summed E-state index contributed by atoms with van der Waals surface area (Å²) >= 11 is 0. The first-order valence-electron chi connectivity index (χ1n) is 7.84. The van der Waals surface area contributed by atoms with Crippen LogP contribution in [-0.2, 0) is 16.0 Å². The molecule has 0 bridgehead atoms. The molecule has 2 N–H and O–H groups in total. The van der Waals surface area contributed by atoms with Crippen LogP contribution in [-0.4, -0.2) is 24.4 Å². The van der Waals surface area contributed by atoms with E-state index in [0.29, 0.717) is 6.54 Å². The molecule has 0 radical (unpaired) electrons. The summed E-state index contributed by atoms with van der Waals surface area (Å²) in [5.41, 5.74) is 1.18. The van der Waals surface area contributed by atoms with Crippen molar-refractivity contribution >= 4 is 11.8 Å². The minimum atomic E-state index is -0.195. The number of benzene rings is 1. The lowest BCUT2D eigenvalue weighted by Crippen LogP contribution is -2.39. The number of nitrogens with one attached hydrogen (secondary N) is 2. The van der Waals surface area contributed by atoms with Crippen molar-refractivity contribution in [3.63, 3.8) is 0 Å². The van der Waals surface area contributed by atoms with Crippen molar-refractivity contribution < 1.29 is 9.59 Å². The van der Waals surface area contributed by atoms with Crippen LogP contribution in [0.3, 0.4) is 0 Å². The fourth-order valence-corrected chi connectivity index (χ4v) is 2.72. The van der Waals surface area contributed by atoms with Gasteiger partial charge in [-0.1, -0.05) is 49.6 Å². The Morgan fingerprint density at radius 1 is 1.00 bits per heavy atom. The molecule has 1 aromatic rings. The van der Waals surface area contributed by atoms with Gasteiger partial charge in [0.25, 0.3) is 0 Å². The Balaban J connectivity index is 1.61. The smallest absolute Gasteiger partial charge is 0.229 e. The third kappa shape index (κ3) is 5.98. The lowest BCUT2D eigenvalue weighted by atomic mass is 9.95. The minimum absolute atomic E-state index is 0.0642. The maximum Gasteiger partial charge on any atom is 0.229 e. The zero-order chi connectivity index (χ0) is 14.9. The first-order chi connectivity index (χ1) is 10.2. The molecular formula is C17H24N2O2. The standard InChI is InChI=1S/C17H24N2O2/c20-16(18-12-11-14-7-3-1-4-8-14)13-17(21)19-15-9-5-2-6-10-15/h1,3-4,7-8,15H,2,5-6,9-13H2,(H,18,20)(H,19,21). The van der Waals surface area contributed by atoms with Crippen LogP contribution in [0.2, 0.25) is 0 Å². The van der Waals surface area contributed by atoms with E-state index >= 15 is 0 Å². The fraction of sp³-hybridized carbons (Fsp3) is 0.529. The summed E-state index contributed by atoms with van der Waals surface area (Å²) in [5.74, 6) is -0.349. The number of rotatable bonds is 6. The fourth-order valence-electron chi connectivity index (χ4n) is 2.72. The van der Waals surface area contributed by atoms with Crippen molar-refractivity contribution in [3.05, 3.63) is 35.9 Å². The van der Waals surface area contributed by atoms with Gasteiger partial charge < -0.3 is 10.6 Å². The topological polar surface area (TPSA) is 58.2 Å². The molecule has 0 saturated heterocycles. The van der Waals surface area contributed by atoms with E-state index in [4.69, 9.17) is 0 Å². The Kier molecular flexibility index (Phi) is 6.25. The zero-order valence-electron chi connectivity index (χ0n) is 12.4.